The molecule has 2 aromatic rings. The Labute approximate surface area is 138 Å². The molecule has 3 heteroatoms. The largest absolute Gasteiger partial charge is 0.325 e. The minimum atomic E-state index is 0.0370. The Hall–Kier alpha value is -2.13. The van der Waals surface area contributed by atoms with Crippen LogP contribution in [0.15, 0.2) is 60.7 Å². The van der Waals surface area contributed by atoms with Gasteiger partial charge in [-0.3, -0.25) is 9.69 Å². The molecule has 1 saturated heterocycles. The Kier molecular flexibility index (Phi) is 5.09. The highest BCUT2D eigenvalue weighted by molar-refractivity contribution is 5.79. The highest BCUT2D eigenvalue weighted by atomic mass is 16.2. The lowest BCUT2D eigenvalue weighted by molar-refractivity contribution is -0.135. The Bertz CT molecular complexity index is 621. The van der Waals surface area contributed by atoms with Gasteiger partial charge in [0.15, 0.2) is 0 Å². The van der Waals surface area contributed by atoms with Crippen LogP contribution in [0.4, 0.5) is 0 Å². The molecule has 0 unspecified atom stereocenters. The van der Waals surface area contributed by atoms with E-state index in [1.54, 1.807) is 0 Å². The van der Waals surface area contributed by atoms with Crippen molar-refractivity contribution in [2.24, 2.45) is 0 Å². The summed E-state index contributed by atoms with van der Waals surface area (Å²) in [7, 11) is 1.93. The molecule has 1 atom stereocenters. The fraction of sp³-hybridized carbons (Fsp3) is 0.350. The zero-order valence-electron chi connectivity index (χ0n) is 13.7. The van der Waals surface area contributed by atoms with Gasteiger partial charge in [-0.05, 0) is 24.0 Å². The monoisotopic (exact) mass is 308 g/mol. The third kappa shape index (κ3) is 3.80. The van der Waals surface area contributed by atoms with Crippen molar-refractivity contribution in [3.05, 3.63) is 71.8 Å². The van der Waals surface area contributed by atoms with Crippen LogP contribution < -0.4 is 0 Å². The van der Waals surface area contributed by atoms with Gasteiger partial charge >= 0.3 is 0 Å². The molecule has 0 N–H and O–H groups in total. The maximum atomic E-state index is 12.8. The van der Waals surface area contributed by atoms with E-state index in [-0.39, 0.29) is 12.1 Å². The standard InChI is InChI=1S/C20H24N2O/c1-21(19(23)16-17-10-4-2-5-11-17)20(22-14-8-9-15-22)18-12-6-3-7-13-18/h2-7,10-13,20H,8-9,14-16H2,1H3/t20-/m1/s1. The minimum Gasteiger partial charge on any atom is -0.325 e. The lowest BCUT2D eigenvalue weighted by atomic mass is 10.1. The van der Waals surface area contributed by atoms with Crippen LogP contribution in [0.1, 0.15) is 30.1 Å². The number of benzene rings is 2. The Balaban J connectivity index is 1.79. The molecule has 1 aliphatic heterocycles. The van der Waals surface area contributed by atoms with E-state index in [1.165, 1.54) is 18.4 Å². The quantitative estimate of drug-likeness (QED) is 0.844. The van der Waals surface area contributed by atoms with Crippen molar-refractivity contribution in [2.75, 3.05) is 20.1 Å². The van der Waals surface area contributed by atoms with E-state index in [2.05, 4.69) is 17.0 Å². The third-order valence-corrected chi connectivity index (χ3v) is 4.54. The molecule has 2 aromatic carbocycles. The molecule has 0 radical (unpaired) electrons. The van der Waals surface area contributed by atoms with Crippen LogP contribution >= 0.6 is 0 Å². The predicted molar refractivity (Wildman–Crippen MR) is 92.9 cm³/mol. The molecular formula is C20H24N2O. The van der Waals surface area contributed by atoms with Gasteiger partial charge in [-0.25, -0.2) is 0 Å². The molecule has 1 fully saturated rings. The van der Waals surface area contributed by atoms with Gasteiger partial charge in [-0.15, -0.1) is 0 Å². The smallest absolute Gasteiger partial charge is 0.228 e. The second-order valence-electron chi connectivity index (χ2n) is 6.19. The summed E-state index contributed by atoms with van der Waals surface area (Å²) in [4.78, 5) is 17.1. The number of rotatable bonds is 5. The fourth-order valence-electron chi connectivity index (χ4n) is 3.32. The molecule has 0 bridgehead atoms. The van der Waals surface area contributed by atoms with Crippen molar-refractivity contribution in [3.63, 3.8) is 0 Å². The van der Waals surface area contributed by atoms with Gasteiger partial charge in [-0.2, -0.15) is 0 Å². The van der Waals surface area contributed by atoms with Crippen molar-refractivity contribution in [2.45, 2.75) is 25.4 Å². The summed E-state index contributed by atoms with van der Waals surface area (Å²) in [5.41, 5.74) is 2.26. The summed E-state index contributed by atoms with van der Waals surface area (Å²) in [6.07, 6.45) is 2.91. The van der Waals surface area contributed by atoms with Gasteiger partial charge in [0.1, 0.15) is 6.17 Å². The maximum Gasteiger partial charge on any atom is 0.228 e. The maximum absolute atomic E-state index is 12.8. The lowest BCUT2D eigenvalue weighted by Crippen LogP contribution is -2.42. The van der Waals surface area contributed by atoms with E-state index in [0.717, 1.165) is 18.7 Å². The number of hydrogen-bond donors (Lipinski definition) is 0. The summed E-state index contributed by atoms with van der Waals surface area (Å²) in [6.45, 7) is 2.12. The van der Waals surface area contributed by atoms with Crippen molar-refractivity contribution in [1.29, 1.82) is 0 Å². The molecule has 23 heavy (non-hydrogen) atoms. The third-order valence-electron chi connectivity index (χ3n) is 4.54. The number of nitrogens with zero attached hydrogens (tertiary/aromatic N) is 2. The Morgan fingerprint density at radius 1 is 1.00 bits per heavy atom. The van der Waals surface area contributed by atoms with E-state index in [0.29, 0.717) is 6.42 Å². The summed E-state index contributed by atoms with van der Waals surface area (Å²) in [5.74, 6) is 0.164. The summed E-state index contributed by atoms with van der Waals surface area (Å²) in [6, 6.07) is 20.3. The highest BCUT2D eigenvalue weighted by Crippen LogP contribution is 2.28. The van der Waals surface area contributed by atoms with Gasteiger partial charge < -0.3 is 4.90 Å². The first-order chi connectivity index (χ1) is 11.3. The van der Waals surface area contributed by atoms with Crippen LogP contribution in [-0.4, -0.2) is 35.8 Å². The van der Waals surface area contributed by atoms with Crippen LogP contribution in [0.5, 0.6) is 0 Å². The van der Waals surface area contributed by atoms with E-state index < -0.39 is 0 Å². The van der Waals surface area contributed by atoms with Gasteiger partial charge in [0.05, 0.1) is 6.42 Å². The topological polar surface area (TPSA) is 23.6 Å². The van der Waals surface area contributed by atoms with Crippen LogP contribution in [0.3, 0.4) is 0 Å². The first-order valence-corrected chi connectivity index (χ1v) is 8.34. The van der Waals surface area contributed by atoms with Gasteiger partial charge in [0.25, 0.3) is 0 Å². The molecule has 0 aliphatic carbocycles. The molecule has 1 amide bonds. The number of carbonyl (C=O) groups excluding carboxylic acids is 1. The van der Waals surface area contributed by atoms with E-state index >= 15 is 0 Å². The van der Waals surface area contributed by atoms with Crippen LogP contribution in [0.25, 0.3) is 0 Å². The van der Waals surface area contributed by atoms with Gasteiger partial charge in [-0.1, -0.05) is 60.7 Å². The lowest BCUT2D eigenvalue weighted by Gasteiger charge is -2.36. The van der Waals surface area contributed by atoms with Crippen molar-refractivity contribution in [3.8, 4) is 0 Å². The summed E-state index contributed by atoms with van der Waals surface area (Å²) >= 11 is 0. The van der Waals surface area contributed by atoms with Crippen LogP contribution in [0.2, 0.25) is 0 Å². The molecule has 3 nitrogen and oxygen atoms in total. The summed E-state index contributed by atoms with van der Waals surface area (Å²) in [5, 5.41) is 0. The van der Waals surface area contributed by atoms with Gasteiger partial charge in [0.2, 0.25) is 5.91 Å². The Morgan fingerprint density at radius 3 is 2.17 bits per heavy atom. The zero-order valence-corrected chi connectivity index (χ0v) is 13.7. The second-order valence-corrected chi connectivity index (χ2v) is 6.19. The van der Waals surface area contributed by atoms with E-state index in [9.17, 15) is 4.79 Å². The fourth-order valence-corrected chi connectivity index (χ4v) is 3.32. The molecule has 1 aliphatic rings. The number of likely N-dealkylation sites (tertiary alicyclic amines) is 1. The average molecular weight is 308 g/mol. The molecular weight excluding hydrogens is 284 g/mol. The van der Waals surface area contributed by atoms with E-state index in [1.807, 2.05) is 60.5 Å². The van der Waals surface area contributed by atoms with Crippen LogP contribution in [-0.2, 0) is 11.2 Å². The Morgan fingerprint density at radius 2 is 1.57 bits per heavy atom. The highest BCUT2D eigenvalue weighted by Gasteiger charge is 2.29. The summed E-state index contributed by atoms with van der Waals surface area (Å²) < 4.78 is 0. The number of carbonyl (C=O) groups is 1. The zero-order chi connectivity index (χ0) is 16.1. The van der Waals surface area contributed by atoms with E-state index in [4.69, 9.17) is 0 Å². The first-order valence-electron chi connectivity index (χ1n) is 8.34. The molecule has 0 aromatic heterocycles. The number of likely N-dealkylation sites (N-methyl/N-ethyl adjacent to an activating group) is 1. The average Bonchev–Trinajstić information content (AvgIpc) is 3.11. The first kappa shape index (κ1) is 15.8. The molecule has 1 heterocycles. The van der Waals surface area contributed by atoms with Crippen molar-refractivity contribution < 1.29 is 4.79 Å². The minimum absolute atomic E-state index is 0.0370. The molecule has 120 valence electrons. The molecule has 0 spiro atoms. The van der Waals surface area contributed by atoms with Crippen molar-refractivity contribution in [1.82, 2.24) is 9.80 Å². The second kappa shape index (κ2) is 7.42. The van der Waals surface area contributed by atoms with Crippen LogP contribution in [0, 0.1) is 0 Å². The predicted octanol–water partition coefficient (Wildman–Crippen LogP) is 3.48. The SMILES string of the molecule is CN(C(=O)Cc1ccccc1)[C@@H](c1ccccc1)N1CCCC1. The molecule has 0 saturated carbocycles. The normalized spacial score (nSPS) is 16.2. The molecule has 3 rings (SSSR count). The number of hydrogen-bond acceptors (Lipinski definition) is 2. The van der Waals surface area contributed by atoms with Gasteiger partial charge in [0, 0.05) is 20.1 Å². The van der Waals surface area contributed by atoms with Crippen molar-refractivity contribution >= 4 is 5.91 Å². The number of amides is 1.